The maximum absolute atomic E-state index is 13.6. The van der Waals surface area contributed by atoms with Crippen LogP contribution >= 0.6 is 0 Å². The number of rotatable bonds is 5. The van der Waals surface area contributed by atoms with Gasteiger partial charge in [0, 0.05) is 17.3 Å². The zero-order valence-electron chi connectivity index (χ0n) is 18.5. The number of amides is 1. The van der Waals surface area contributed by atoms with Gasteiger partial charge in [-0.15, -0.1) is 0 Å². The van der Waals surface area contributed by atoms with Crippen LogP contribution in [-0.2, 0) is 0 Å². The normalized spacial score (nSPS) is 17.4. The number of carbonyl (C=O) groups excluding carboxylic acids is 1. The smallest absolute Gasteiger partial charge is 0.258 e. The van der Waals surface area contributed by atoms with E-state index in [-0.39, 0.29) is 18.0 Å². The van der Waals surface area contributed by atoms with E-state index in [2.05, 4.69) is 0 Å². The van der Waals surface area contributed by atoms with Gasteiger partial charge >= 0.3 is 0 Å². The molecule has 1 aliphatic heterocycles. The van der Waals surface area contributed by atoms with Crippen LogP contribution in [0.2, 0.25) is 0 Å². The molecule has 0 fully saturated rings. The topological polar surface area (TPSA) is 94.0 Å². The number of nitrogen functional groups attached to an aromatic ring is 1. The van der Waals surface area contributed by atoms with Gasteiger partial charge in [0.25, 0.3) is 5.91 Å². The van der Waals surface area contributed by atoms with Crippen LogP contribution in [0.4, 0.5) is 17.1 Å². The minimum Gasteiger partial charge on any atom is -0.493 e. The highest BCUT2D eigenvalue weighted by molar-refractivity contribution is 6.07. The second-order valence-corrected chi connectivity index (χ2v) is 7.87. The Morgan fingerprint density at radius 3 is 2.41 bits per heavy atom. The highest BCUT2D eigenvalue weighted by Gasteiger charge is 2.36. The van der Waals surface area contributed by atoms with Crippen molar-refractivity contribution in [3.8, 4) is 11.5 Å². The molecule has 0 saturated carbocycles. The molecule has 7 heteroatoms. The van der Waals surface area contributed by atoms with E-state index in [1.165, 1.54) is 0 Å². The highest BCUT2D eigenvalue weighted by Crippen LogP contribution is 2.42. The predicted octanol–water partition coefficient (Wildman–Crippen LogP) is 4.15. The van der Waals surface area contributed by atoms with Gasteiger partial charge in [0.05, 0.1) is 31.6 Å². The van der Waals surface area contributed by atoms with Gasteiger partial charge in [-0.25, -0.2) is 5.84 Å². The molecule has 4 rings (SSSR count). The van der Waals surface area contributed by atoms with Gasteiger partial charge in [-0.05, 0) is 55.3 Å². The standard InChI is InChI=1S/C25H28N4O3/c1-16-14-22(29(27)21-11-7-5-9-19(21)26)18-8-4-6-10-20(18)28(16)25(30)17-12-13-23(31-2)24(15-17)32-3/h4-13,15-16,22H,14,26-27H2,1-3H3. The number of hydrogen-bond acceptors (Lipinski definition) is 6. The first kappa shape index (κ1) is 21.5. The maximum Gasteiger partial charge on any atom is 0.258 e. The minimum atomic E-state index is -0.125. The van der Waals surface area contributed by atoms with Crippen LogP contribution in [0.1, 0.15) is 35.3 Å². The number of benzene rings is 3. The molecule has 0 aliphatic carbocycles. The number of carbonyl (C=O) groups is 1. The van der Waals surface area contributed by atoms with Crippen molar-refractivity contribution in [2.24, 2.45) is 5.84 Å². The fourth-order valence-corrected chi connectivity index (χ4v) is 4.35. The molecular weight excluding hydrogens is 404 g/mol. The molecule has 166 valence electrons. The molecule has 1 aliphatic rings. The Morgan fingerprint density at radius 2 is 1.69 bits per heavy atom. The van der Waals surface area contributed by atoms with Crippen LogP contribution in [0.5, 0.6) is 11.5 Å². The number of ether oxygens (including phenoxy) is 2. The van der Waals surface area contributed by atoms with Crippen molar-refractivity contribution >= 4 is 23.0 Å². The second kappa shape index (κ2) is 8.80. The van der Waals surface area contributed by atoms with E-state index in [1.807, 2.05) is 60.4 Å². The first-order valence-electron chi connectivity index (χ1n) is 10.5. The molecule has 0 saturated heterocycles. The van der Waals surface area contributed by atoms with E-state index in [0.717, 1.165) is 16.9 Å². The number of fused-ring (bicyclic) bond motifs is 1. The zero-order valence-corrected chi connectivity index (χ0v) is 18.5. The van der Waals surface area contributed by atoms with Gasteiger partial charge in [0.1, 0.15) is 0 Å². The van der Waals surface area contributed by atoms with E-state index in [9.17, 15) is 4.79 Å². The molecule has 2 unspecified atom stereocenters. The Kier molecular flexibility index (Phi) is 5.92. The van der Waals surface area contributed by atoms with Gasteiger partial charge in [0.15, 0.2) is 11.5 Å². The van der Waals surface area contributed by atoms with Crippen molar-refractivity contribution in [3.63, 3.8) is 0 Å². The van der Waals surface area contributed by atoms with Crippen molar-refractivity contribution in [1.29, 1.82) is 0 Å². The SMILES string of the molecule is COc1ccc(C(=O)N2c3ccccc3C(N(N)c3ccccc3N)CC2C)cc1OC. The third kappa shape index (κ3) is 3.71. The van der Waals surface area contributed by atoms with Gasteiger partial charge in [-0.1, -0.05) is 30.3 Å². The van der Waals surface area contributed by atoms with Crippen molar-refractivity contribution < 1.29 is 14.3 Å². The van der Waals surface area contributed by atoms with Crippen LogP contribution in [0.3, 0.4) is 0 Å². The van der Waals surface area contributed by atoms with Crippen molar-refractivity contribution in [2.75, 3.05) is 29.9 Å². The van der Waals surface area contributed by atoms with E-state index in [4.69, 9.17) is 21.1 Å². The predicted molar refractivity (Wildman–Crippen MR) is 127 cm³/mol. The fraction of sp³-hybridized carbons (Fsp3) is 0.240. The Balaban J connectivity index is 1.73. The summed E-state index contributed by atoms with van der Waals surface area (Å²) in [6, 6.07) is 20.4. The molecule has 32 heavy (non-hydrogen) atoms. The van der Waals surface area contributed by atoms with E-state index in [0.29, 0.717) is 29.2 Å². The summed E-state index contributed by atoms with van der Waals surface area (Å²) in [5.41, 5.74) is 9.89. The molecule has 2 atom stereocenters. The lowest BCUT2D eigenvalue weighted by Crippen LogP contribution is -2.48. The van der Waals surface area contributed by atoms with Crippen molar-refractivity contribution in [2.45, 2.75) is 25.4 Å². The molecule has 1 heterocycles. The van der Waals surface area contributed by atoms with Gasteiger partial charge in [-0.2, -0.15) is 0 Å². The number of hydrogen-bond donors (Lipinski definition) is 2. The summed E-state index contributed by atoms with van der Waals surface area (Å²) in [7, 11) is 3.13. The van der Waals surface area contributed by atoms with Crippen LogP contribution in [0, 0.1) is 0 Å². The first-order chi connectivity index (χ1) is 15.5. The fourth-order valence-electron chi connectivity index (χ4n) is 4.35. The average molecular weight is 433 g/mol. The monoisotopic (exact) mass is 432 g/mol. The van der Waals surface area contributed by atoms with Gasteiger partial charge < -0.3 is 25.1 Å². The van der Waals surface area contributed by atoms with Crippen LogP contribution in [0.25, 0.3) is 0 Å². The Hall–Kier alpha value is -3.71. The van der Waals surface area contributed by atoms with Crippen LogP contribution in [-0.4, -0.2) is 26.2 Å². The molecule has 0 bridgehead atoms. The lowest BCUT2D eigenvalue weighted by Gasteiger charge is -2.43. The molecule has 4 N–H and O–H groups in total. The molecule has 3 aromatic rings. The summed E-state index contributed by atoms with van der Waals surface area (Å²) in [4.78, 5) is 15.4. The average Bonchev–Trinajstić information content (AvgIpc) is 2.82. The van der Waals surface area contributed by atoms with Gasteiger partial charge in [-0.3, -0.25) is 4.79 Å². The summed E-state index contributed by atoms with van der Waals surface area (Å²) in [6.45, 7) is 2.03. The third-order valence-electron chi connectivity index (χ3n) is 5.96. The number of para-hydroxylation sites is 3. The molecule has 0 radical (unpaired) electrons. The molecule has 7 nitrogen and oxygen atoms in total. The van der Waals surface area contributed by atoms with Crippen LogP contribution < -0.4 is 31.0 Å². The molecular formula is C25H28N4O3. The molecule has 0 aromatic heterocycles. The lowest BCUT2D eigenvalue weighted by atomic mass is 9.90. The van der Waals surface area contributed by atoms with Crippen molar-refractivity contribution in [1.82, 2.24) is 0 Å². The highest BCUT2D eigenvalue weighted by atomic mass is 16.5. The van der Waals surface area contributed by atoms with E-state index >= 15 is 0 Å². The van der Waals surface area contributed by atoms with Crippen LogP contribution in [0.15, 0.2) is 66.7 Å². The summed E-state index contributed by atoms with van der Waals surface area (Å²) in [6.07, 6.45) is 0.654. The molecule has 0 spiro atoms. The Labute approximate surface area is 188 Å². The third-order valence-corrected chi connectivity index (χ3v) is 5.96. The number of anilines is 3. The largest absolute Gasteiger partial charge is 0.493 e. The molecule has 1 amide bonds. The molecule has 3 aromatic carbocycles. The number of nitrogens with zero attached hydrogens (tertiary/aromatic N) is 2. The Morgan fingerprint density at radius 1 is 1.00 bits per heavy atom. The summed E-state index contributed by atoms with van der Waals surface area (Å²) >= 11 is 0. The van der Waals surface area contributed by atoms with E-state index < -0.39 is 0 Å². The number of methoxy groups -OCH3 is 2. The first-order valence-corrected chi connectivity index (χ1v) is 10.5. The van der Waals surface area contributed by atoms with Gasteiger partial charge in [0.2, 0.25) is 0 Å². The number of hydrazine groups is 1. The minimum absolute atomic E-state index is 0.0912. The summed E-state index contributed by atoms with van der Waals surface area (Å²) < 4.78 is 10.7. The van der Waals surface area contributed by atoms with Crippen molar-refractivity contribution in [3.05, 3.63) is 77.9 Å². The lowest BCUT2D eigenvalue weighted by molar-refractivity contribution is 0.0973. The summed E-state index contributed by atoms with van der Waals surface area (Å²) in [5.74, 6) is 7.56. The summed E-state index contributed by atoms with van der Waals surface area (Å²) in [5, 5.41) is 1.71. The maximum atomic E-state index is 13.6. The van der Waals surface area contributed by atoms with E-state index in [1.54, 1.807) is 37.4 Å². The Bertz CT molecular complexity index is 1130. The zero-order chi connectivity index (χ0) is 22.8. The quantitative estimate of drug-likeness (QED) is 0.357. The number of nitrogens with two attached hydrogens (primary N) is 2. The second-order valence-electron chi connectivity index (χ2n) is 7.87.